The van der Waals surface area contributed by atoms with Crippen LogP contribution in [0.1, 0.15) is 37.7 Å². The van der Waals surface area contributed by atoms with Gasteiger partial charge in [0.2, 0.25) is 17.7 Å². The van der Waals surface area contributed by atoms with Gasteiger partial charge in [-0.05, 0) is 37.8 Å². The number of amides is 3. The SMILES string of the molecule is NCCCCC(NC(=O)C(CCC(=O)O)NC(=O)CN)C(=O)NC(Cc1ccccc1)C(=O)O. The first kappa shape index (κ1) is 28.5. The third-order valence-electron chi connectivity index (χ3n) is 4.96. The zero-order valence-corrected chi connectivity index (χ0v) is 18.9. The van der Waals surface area contributed by atoms with Gasteiger partial charge < -0.3 is 37.6 Å². The predicted octanol–water partition coefficient (Wildman–Crippen LogP) is -1.28. The van der Waals surface area contributed by atoms with Gasteiger partial charge in [0.05, 0.1) is 6.54 Å². The van der Waals surface area contributed by atoms with Crippen LogP contribution in [0.25, 0.3) is 0 Å². The molecule has 1 rings (SSSR count). The van der Waals surface area contributed by atoms with E-state index < -0.39 is 60.8 Å². The summed E-state index contributed by atoms with van der Waals surface area (Å²) < 4.78 is 0. The van der Waals surface area contributed by atoms with Crippen molar-refractivity contribution >= 4 is 29.7 Å². The number of carboxylic acids is 2. The molecule has 3 amide bonds. The number of carbonyl (C=O) groups excluding carboxylic acids is 3. The summed E-state index contributed by atoms with van der Waals surface area (Å²) in [7, 11) is 0. The Hall–Kier alpha value is -3.51. The van der Waals surface area contributed by atoms with Crippen LogP contribution in [0.3, 0.4) is 0 Å². The smallest absolute Gasteiger partial charge is 0.326 e. The Morgan fingerprint density at radius 1 is 0.794 bits per heavy atom. The molecule has 34 heavy (non-hydrogen) atoms. The number of hydrogen-bond acceptors (Lipinski definition) is 7. The van der Waals surface area contributed by atoms with Gasteiger partial charge in [-0.3, -0.25) is 19.2 Å². The van der Waals surface area contributed by atoms with Gasteiger partial charge in [0.1, 0.15) is 18.1 Å². The average Bonchev–Trinajstić information content (AvgIpc) is 2.80. The molecule has 0 saturated heterocycles. The highest BCUT2D eigenvalue weighted by molar-refractivity contribution is 5.93. The highest BCUT2D eigenvalue weighted by Gasteiger charge is 2.29. The highest BCUT2D eigenvalue weighted by atomic mass is 16.4. The molecule has 3 unspecified atom stereocenters. The quantitative estimate of drug-likeness (QED) is 0.140. The minimum absolute atomic E-state index is 0.0408. The first-order valence-electron chi connectivity index (χ1n) is 11.0. The van der Waals surface area contributed by atoms with E-state index in [2.05, 4.69) is 16.0 Å². The summed E-state index contributed by atoms with van der Waals surface area (Å²) in [5.74, 6) is -4.55. The van der Waals surface area contributed by atoms with E-state index in [9.17, 15) is 29.1 Å². The first-order chi connectivity index (χ1) is 16.2. The lowest BCUT2D eigenvalue weighted by Crippen LogP contribution is -2.56. The predicted molar refractivity (Wildman–Crippen MR) is 122 cm³/mol. The van der Waals surface area contributed by atoms with Crippen molar-refractivity contribution in [2.45, 2.75) is 56.7 Å². The number of unbranched alkanes of at least 4 members (excludes halogenated alkanes) is 1. The van der Waals surface area contributed by atoms with Crippen LogP contribution in [-0.4, -0.2) is 71.1 Å². The molecule has 0 aliphatic rings. The zero-order valence-electron chi connectivity index (χ0n) is 18.9. The molecule has 0 aromatic heterocycles. The molecule has 0 bridgehead atoms. The number of rotatable bonds is 16. The van der Waals surface area contributed by atoms with Gasteiger partial charge in [-0.25, -0.2) is 4.79 Å². The molecule has 0 fully saturated rings. The minimum Gasteiger partial charge on any atom is -0.481 e. The molecule has 3 atom stereocenters. The molecule has 0 saturated carbocycles. The number of nitrogens with one attached hydrogen (secondary N) is 3. The number of nitrogens with two attached hydrogens (primary N) is 2. The van der Waals surface area contributed by atoms with Crippen molar-refractivity contribution in [1.82, 2.24) is 16.0 Å². The van der Waals surface area contributed by atoms with Crippen LogP contribution < -0.4 is 27.4 Å². The maximum Gasteiger partial charge on any atom is 0.326 e. The second kappa shape index (κ2) is 15.3. The summed E-state index contributed by atoms with van der Waals surface area (Å²) in [5, 5.41) is 25.8. The Balaban J connectivity index is 2.96. The average molecular weight is 480 g/mol. The molecule has 0 aliphatic carbocycles. The van der Waals surface area contributed by atoms with Gasteiger partial charge in [-0.2, -0.15) is 0 Å². The van der Waals surface area contributed by atoms with Gasteiger partial charge in [-0.1, -0.05) is 30.3 Å². The summed E-state index contributed by atoms with van der Waals surface area (Å²) in [6.07, 6.45) is 0.641. The Labute approximate surface area is 197 Å². The molecule has 12 heteroatoms. The fraction of sp³-hybridized carbons (Fsp3) is 0.500. The maximum atomic E-state index is 12.9. The number of hydrogen-bond donors (Lipinski definition) is 7. The Bertz CT molecular complexity index is 834. The summed E-state index contributed by atoms with van der Waals surface area (Å²) in [5.41, 5.74) is 11.5. The monoisotopic (exact) mass is 479 g/mol. The van der Waals surface area contributed by atoms with E-state index in [-0.39, 0.29) is 19.3 Å². The van der Waals surface area contributed by atoms with Crippen LogP contribution in [0.5, 0.6) is 0 Å². The molecule has 9 N–H and O–H groups in total. The summed E-state index contributed by atoms with van der Waals surface area (Å²) >= 11 is 0. The molecule has 0 radical (unpaired) electrons. The molecule has 12 nitrogen and oxygen atoms in total. The lowest BCUT2D eigenvalue weighted by Gasteiger charge is -2.24. The number of aliphatic carboxylic acids is 2. The van der Waals surface area contributed by atoms with Crippen LogP contribution in [-0.2, 0) is 30.4 Å². The van der Waals surface area contributed by atoms with Gasteiger partial charge >= 0.3 is 11.9 Å². The second-order valence-electron chi connectivity index (χ2n) is 7.69. The molecule has 1 aromatic rings. The highest BCUT2D eigenvalue weighted by Crippen LogP contribution is 2.07. The fourth-order valence-corrected chi connectivity index (χ4v) is 3.15. The van der Waals surface area contributed by atoms with Gasteiger partial charge in [0.25, 0.3) is 0 Å². The van der Waals surface area contributed by atoms with Crippen molar-refractivity contribution in [1.29, 1.82) is 0 Å². The summed E-state index contributed by atoms with van der Waals surface area (Å²) in [6.45, 7) is -0.0428. The molecule has 0 heterocycles. The zero-order chi connectivity index (χ0) is 25.5. The third-order valence-corrected chi connectivity index (χ3v) is 4.96. The molecular formula is C22H33N5O7. The van der Waals surface area contributed by atoms with Crippen LogP contribution in [0, 0.1) is 0 Å². The van der Waals surface area contributed by atoms with E-state index in [1.165, 1.54) is 0 Å². The van der Waals surface area contributed by atoms with E-state index in [4.69, 9.17) is 16.6 Å². The maximum absolute atomic E-state index is 12.9. The van der Waals surface area contributed by atoms with Crippen LogP contribution >= 0.6 is 0 Å². The van der Waals surface area contributed by atoms with Crippen molar-refractivity contribution in [2.24, 2.45) is 11.5 Å². The minimum atomic E-state index is -1.24. The lowest BCUT2D eigenvalue weighted by molar-refractivity contribution is -0.142. The molecule has 0 spiro atoms. The lowest BCUT2D eigenvalue weighted by atomic mass is 10.0. The summed E-state index contributed by atoms with van der Waals surface area (Å²) in [6, 6.07) is 5.17. The largest absolute Gasteiger partial charge is 0.481 e. The van der Waals surface area contributed by atoms with Gasteiger partial charge in [0.15, 0.2) is 0 Å². The fourth-order valence-electron chi connectivity index (χ4n) is 3.15. The van der Waals surface area contributed by atoms with Crippen LogP contribution in [0.2, 0.25) is 0 Å². The number of carbonyl (C=O) groups is 5. The van der Waals surface area contributed by atoms with Crippen LogP contribution in [0.15, 0.2) is 30.3 Å². The summed E-state index contributed by atoms with van der Waals surface area (Å²) in [4.78, 5) is 60.0. The standard InChI is InChI=1S/C22H33N5O7/c23-11-5-4-8-15(26-21(32)16(9-10-19(29)30)25-18(28)13-24)20(31)27-17(22(33)34)12-14-6-2-1-3-7-14/h1-3,6-7,15-17H,4-5,8-13,23-24H2,(H,25,28)(H,26,32)(H,27,31)(H,29,30)(H,33,34). The number of carboxylic acid groups (broad SMARTS) is 2. The normalized spacial score (nSPS) is 13.2. The van der Waals surface area contributed by atoms with Gasteiger partial charge in [-0.15, -0.1) is 0 Å². The van der Waals surface area contributed by atoms with E-state index in [1.54, 1.807) is 30.3 Å². The van der Waals surface area contributed by atoms with E-state index in [0.29, 0.717) is 24.9 Å². The van der Waals surface area contributed by atoms with E-state index >= 15 is 0 Å². The van der Waals surface area contributed by atoms with Crippen molar-refractivity contribution < 1.29 is 34.2 Å². The van der Waals surface area contributed by atoms with E-state index in [0.717, 1.165) is 0 Å². The molecule has 0 aliphatic heterocycles. The van der Waals surface area contributed by atoms with Gasteiger partial charge in [0, 0.05) is 12.8 Å². The van der Waals surface area contributed by atoms with Crippen molar-refractivity contribution in [3.05, 3.63) is 35.9 Å². The second-order valence-corrected chi connectivity index (χ2v) is 7.69. The van der Waals surface area contributed by atoms with Crippen LogP contribution in [0.4, 0.5) is 0 Å². The number of benzene rings is 1. The Morgan fingerprint density at radius 3 is 1.91 bits per heavy atom. The Kier molecular flexibility index (Phi) is 12.9. The van der Waals surface area contributed by atoms with Crippen molar-refractivity contribution in [3.8, 4) is 0 Å². The van der Waals surface area contributed by atoms with Crippen molar-refractivity contribution in [2.75, 3.05) is 13.1 Å². The van der Waals surface area contributed by atoms with E-state index in [1.807, 2.05) is 0 Å². The molecule has 188 valence electrons. The first-order valence-corrected chi connectivity index (χ1v) is 11.0. The molecule has 1 aromatic carbocycles. The third kappa shape index (κ3) is 10.9. The molecular weight excluding hydrogens is 446 g/mol. The topological polar surface area (TPSA) is 214 Å². The Morgan fingerprint density at radius 2 is 1.38 bits per heavy atom. The van der Waals surface area contributed by atoms with Crippen molar-refractivity contribution in [3.63, 3.8) is 0 Å².